The zero-order valence-electron chi connectivity index (χ0n) is 17.1. The molecule has 162 valence electrons. The average Bonchev–Trinajstić information content (AvgIpc) is 2.55. The molecule has 0 amide bonds. The van der Waals surface area contributed by atoms with E-state index in [0.717, 1.165) is 9.46 Å². The second-order valence-electron chi connectivity index (χ2n) is 5.81. The van der Waals surface area contributed by atoms with E-state index in [2.05, 4.69) is 0 Å². The van der Waals surface area contributed by atoms with Crippen molar-refractivity contribution < 1.29 is 55.5 Å². The number of rotatable bonds is 4. The smallest absolute Gasteiger partial charge is 0.285 e. The predicted octanol–water partition coefficient (Wildman–Crippen LogP) is 1.43. The van der Waals surface area contributed by atoms with Crippen LogP contribution in [0.1, 0.15) is 40.5 Å². The maximum Gasteiger partial charge on any atom is 0.302 e. The molecular weight excluding hydrogens is 423 g/mol. The molecule has 0 saturated carbocycles. The molecule has 0 fully saturated rings. The van der Waals surface area contributed by atoms with Gasteiger partial charge >= 0.3 is 23.1 Å². The van der Waals surface area contributed by atoms with Crippen LogP contribution in [0, 0.1) is 0 Å². The molecule has 0 radical (unpaired) electrons. The quantitative estimate of drug-likeness (QED) is 0.237. The summed E-state index contributed by atoms with van der Waals surface area (Å²) in [6.07, 6.45) is 6.83. The van der Waals surface area contributed by atoms with Gasteiger partial charge in [-0.1, -0.05) is 12.1 Å². The molecular formula is C20H32N2NiO6+6. The van der Waals surface area contributed by atoms with Crippen LogP contribution < -0.4 is 9.46 Å². The number of ketones is 4. The minimum Gasteiger partial charge on any atom is -0.285 e. The van der Waals surface area contributed by atoms with Crippen LogP contribution in [0.15, 0.2) is 61.2 Å². The molecule has 2 aromatic rings. The summed E-state index contributed by atoms with van der Waals surface area (Å²) in [6.45, 7) is 6.22. The molecule has 0 aliphatic rings. The summed E-state index contributed by atoms with van der Waals surface area (Å²) >= 11 is 0. The molecule has 2 aromatic heterocycles. The van der Waals surface area contributed by atoms with E-state index in [-0.39, 0.29) is 39.6 Å². The Morgan fingerprint density at radius 3 is 0.828 bits per heavy atom. The van der Waals surface area contributed by atoms with Gasteiger partial charge < -0.3 is 0 Å². The molecule has 2 heterocycles. The first-order chi connectivity index (χ1) is 13.0. The van der Waals surface area contributed by atoms with Crippen molar-refractivity contribution in [1.82, 2.24) is 0 Å². The van der Waals surface area contributed by atoms with Gasteiger partial charge in [0.2, 0.25) is 24.8 Å². The Hall–Kier alpha value is -2.93. The molecule has 0 aromatic carbocycles. The van der Waals surface area contributed by atoms with Gasteiger partial charge in [-0.2, -0.15) is 0 Å². The SMILES string of the molecule is CC(=[OH+])CC(C)=[OH+].CC(=[OH+])CC(C)=[OH+].O[n+]1ccccc1.O[n+]1ccccc1.[Ni]. The van der Waals surface area contributed by atoms with E-state index >= 15 is 0 Å². The van der Waals surface area contributed by atoms with Crippen LogP contribution in [-0.2, 0) is 16.5 Å². The third-order valence-electron chi connectivity index (χ3n) is 2.42. The van der Waals surface area contributed by atoms with Crippen molar-refractivity contribution >= 4 is 23.1 Å². The maximum absolute atomic E-state index is 8.55. The number of carbonyl (C=O) groups excluding carboxylic acids is 4. The Bertz CT molecular complexity index is 637. The van der Waals surface area contributed by atoms with Gasteiger partial charge in [-0.3, -0.25) is 29.6 Å². The number of hydrogen-bond acceptors (Lipinski definition) is 2. The molecule has 0 aliphatic carbocycles. The standard InChI is InChI=1S/2C5H6NO.2C5H8O2.Ni/c2*7-6-4-2-1-3-5-6;2*1-4(6)3-5(2)7;/h2*1-5,7H;2*3H2,1-2H3;/q2*+1;;;/p+4. The van der Waals surface area contributed by atoms with Crippen LogP contribution in [0.4, 0.5) is 0 Å². The molecule has 0 saturated heterocycles. The number of nitrogens with zero attached hydrogens (tertiary/aromatic N) is 2. The van der Waals surface area contributed by atoms with Crippen molar-refractivity contribution in [2.45, 2.75) is 40.5 Å². The summed E-state index contributed by atoms with van der Waals surface area (Å²) in [5, 5.41) is 17.1. The molecule has 0 unspecified atom stereocenters. The van der Waals surface area contributed by atoms with Gasteiger partial charge in [0.1, 0.15) is 0 Å². The largest absolute Gasteiger partial charge is 0.302 e. The summed E-state index contributed by atoms with van der Waals surface area (Å²) in [7, 11) is 0. The van der Waals surface area contributed by atoms with Crippen LogP contribution in [-0.4, -0.2) is 52.7 Å². The minimum atomic E-state index is 0. The van der Waals surface area contributed by atoms with E-state index in [1.807, 2.05) is 12.1 Å². The zero-order valence-corrected chi connectivity index (χ0v) is 18.1. The van der Waals surface area contributed by atoms with Crippen molar-refractivity contribution in [3.63, 3.8) is 0 Å². The normalized spacial score (nSPS) is 8.14. The summed E-state index contributed by atoms with van der Waals surface area (Å²) in [6, 6.07) is 10.7. The van der Waals surface area contributed by atoms with Crippen molar-refractivity contribution in [3.8, 4) is 0 Å². The molecule has 0 atom stereocenters. The molecule has 8 nitrogen and oxygen atoms in total. The second kappa shape index (κ2) is 19.8. The van der Waals surface area contributed by atoms with Crippen molar-refractivity contribution in [1.29, 1.82) is 0 Å². The maximum atomic E-state index is 8.55. The topological polar surface area (TPSA) is 134 Å². The third-order valence-corrected chi connectivity index (χ3v) is 2.42. The molecule has 29 heavy (non-hydrogen) atoms. The fourth-order valence-electron chi connectivity index (χ4n) is 1.52. The van der Waals surface area contributed by atoms with E-state index < -0.39 is 0 Å². The molecule has 0 bridgehead atoms. The molecule has 0 spiro atoms. The molecule has 0 aliphatic heterocycles. The predicted molar refractivity (Wildman–Crippen MR) is 107 cm³/mol. The second-order valence-corrected chi connectivity index (χ2v) is 5.81. The molecule has 9 heteroatoms. The number of pyridine rings is 2. The van der Waals surface area contributed by atoms with Crippen LogP contribution >= 0.6 is 0 Å². The van der Waals surface area contributed by atoms with Gasteiger partial charge in [0, 0.05) is 77.9 Å². The van der Waals surface area contributed by atoms with Crippen molar-refractivity contribution in [2.24, 2.45) is 0 Å². The Morgan fingerprint density at radius 2 is 0.759 bits per heavy atom. The van der Waals surface area contributed by atoms with E-state index in [9.17, 15) is 0 Å². The Balaban J connectivity index is -0.000000307. The van der Waals surface area contributed by atoms with E-state index in [0.29, 0.717) is 12.8 Å². The Kier molecular flexibility index (Phi) is 21.0. The third kappa shape index (κ3) is 30.1. The van der Waals surface area contributed by atoms with Crippen LogP contribution in [0.25, 0.3) is 0 Å². The van der Waals surface area contributed by atoms with Crippen LogP contribution in [0.2, 0.25) is 0 Å². The molecule has 2 rings (SSSR count). The van der Waals surface area contributed by atoms with E-state index in [1.54, 1.807) is 76.7 Å². The van der Waals surface area contributed by atoms with Crippen molar-refractivity contribution in [2.75, 3.05) is 0 Å². The number of aromatic nitrogens is 2. The van der Waals surface area contributed by atoms with Crippen molar-refractivity contribution in [3.05, 3.63) is 61.2 Å². The van der Waals surface area contributed by atoms with Gasteiger partial charge in [-0.25, -0.2) is 0 Å². The summed E-state index contributed by atoms with van der Waals surface area (Å²) in [5.41, 5.74) is 0. The van der Waals surface area contributed by atoms with Gasteiger partial charge in [-0.15, -0.1) is 0 Å². The Morgan fingerprint density at radius 1 is 0.552 bits per heavy atom. The first kappa shape index (κ1) is 30.8. The Labute approximate surface area is 180 Å². The van der Waals surface area contributed by atoms with Crippen LogP contribution in [0.5, 0.6) is 0 Å². The summed E-state index contributed by atoms with van der Waals surface area (Å²) in [4.78, 5) is 33.8. The number of hydrogen-bond donors (Lipinski definition) is 2. The fourth-order valence-corrected chi connectivity index (χ4v) is 1.52. The van der Waals surface area contributed by atoms with Gasteiger partial charge in [0.25, 0.3) is 0 Å². The summed E-state index contributed by atoms with van der Waals surface area (Å²) < 4.78 is 2.00. The van der Waals surface area contributed by atoms with E-state index in [4.69, 9.17) is 29.6 Å². The molecule has 6 N–H and O–H groups in total. The van der Waals surface area contributed by atoms with Gasteiger partial charge in [0.15, 0.2) is 12.8 Å². The first-order valence-electron chi connectivity index (χ1n) is 8.41. The summed E-state index contributed by atoms with van der Waals surface area (Å²) in [5.74, 6) is 1.00. The average molecular weight is 455 g/mol. The zero-order chi connectivity index (χ0) is 21.9. The van der Waals surface area contributed by atoms with Crippen LogP contribution in [0.3, 0.4) is 0 Å². The van der Waals surface area contributed by atoms with Gasteiger partial charge in [-0.05, 0) is 0 Å². The monoisotopic (exact) mass is 454 g/mol. The first-order valence-corrected chi connectivity index (χ1v) is 8.41. The fraction of sp³-hybridized carbons (Fsp3) is 0.300. The van der Waals surface area contributed by atoms with E-state index in [1.165, 1.54) is 0 Å². The minimum absolute atomic E-state index is 0. The van der Waals surface area contributed by atoms with Gasteiger partial charge in [0.05, 0.1) is 0 Å².